The number of ether oxygens (including phenoxy) is 1. The largest absolute Gasteiger partial charge is 0.461 e. The predicted molar refractivity (Wildman–Crippen MR) is 63.4 cm³/mol. The van der Waals surface area contributed by atoms with Crippen LogP contribution in [0.25, 0.3) is 0 Å². The Bertz CT molecular complexity index is 368. The molecule has 0 aromatic heterocycles. The Hall–Kier alpha value is -0.750. The van der Waals surface area contributed by atoms with Gasteiger partial charge in [0.05, 0.1) is 18.4 Å². The Balaban J connectivity index is 2.37. The van der Waals surface area contributed by atoms with Crippen molar-refractivity contribution >= 4 is 23.6 Å². The summed E-state index contributed by atoms with van der Waals surface area (Å²) in [5.74, 6) is 0.175. The molecule has 0 aliphatic carbocycles. The molecule has 2 heterocycles. The average molecular weight is 259 g/mol. The molecule has 0 spiro atoms. The van der Waals surface area contributed by atoms with Gasteiger partial charge in [0, 0.05) is 5.75 Å². The first kappa shape index (κ1) is 12.7. The minimum Gasteiger partial charge on any atom is -0.461 e. The van der Waals surface area contributed by atoms with E-state index in [0.29, 0.717) is 11.6 Å². The van der Waals surface area contributed by atoms with Gasteiger partial charge in [-0.1, -0.05) is 0 Å². The molecule has 2 saturated heterocycles. The summed E-state index contributed by atoms with van der Waals surface area (Å²) in [4.78, 5) is 25.5. The SMILES string of the molecule is CC(C)OC(=O)[C@]12CSCN1C(=O)C[C@@]2(C)O. The third-order valence-electron chi connectivity index (χ3n) is 3.36. The minimum absolute atomic E-state index is 0.0131. The molecule has 0 aromatic rings. The van der Waals surface area contributed by atoms with Crippen LogP contribution in [0.4, 0.5) is 0 Å². The van der Waals surface area contributed by atoms with Gasteiger partial charge < -0.3 is 14.7 Å². The van der Waals surface area contributed by atoms with Gasteiger partial charge in [-0.25, -0.2) is 4.79 Å². The lowest BCUT2D eigenvalue weighted by Gasteiger charge is -2.37. The highest BCUT2D eigenvalue weighted by Gasteiger charge is 2.67. The van der Waals surface area contributed by atoms with Crippen molar-refractivity contribution in [2.24, 2.45) is 0 Å². The number of fused-ring (bicyclic) bond motifs is 1. The lowest BCUT2D eigenvalue weighted by Crippen LogP contribution is -2.62. The maximum Gasteiger partial charge on any atom is 0.336 e. The summed E-state index contributed by atoms with van der Waals surface area (Å²) < 4.78 is 5.22. The van der Waals surface area contributed by atoms with Crippen molar-refractivity contribution in [1.29, 1.82) is 0 Å². The number of amides is 1. The second-order valence-corrected chi connectivity index (χ2v) is 6.02. The summed E-state index contributed by atoms with van der Waals surface area (Å²) in [7, 11) is 0. The zero-order chi connectivity index (χ0) is 12.8. The van der Waals surface area contributed by atoms with E-state index in [1.54, 1.807) is 20.8 Å². The summed E-state index contributed by atoms with van der Waals surface area (Å²) in [5.41, 5.74) is -2.54. The van der Waals surface area contributed by atoms with E-state index >= 15 is 0 Å². The molecule has 0 unspecified atom stereocenters. The molecule has 2 fully saturated rings. The van der Waals surface area contributed by atoms with Crippen LogP contribution in [0.1, 0.15) is 27.2 Å². The Morgan fingerprint density at radius 2 is 2.24 bits per heavy atom. The Labute approximate surface area is 104 Å². The van der Waals surface area contributed by atoms with Crippen LogP contribution >= 0.6 is 11.8 Å². The summed E-state index contributed by atoms with van der Waals surface area (Å²) in [6.07, 6.45) is -0.267. The summed E-state index contributed by atoms with van der Waals surface area (Å²) in [5, 5.41) is 10.4. The van der Waals surface area contributed by atoms with Gasteiger partial charge in [0.25, 0.3) is 0 Å². The maximum absolute atomic E-state index is 12.2. The summed E-state index contributed by atoms with van der Waals surface area (Å²) >= 11 is 1.47. The molecule has 17 heavy (non-hydrogen) atoms. The topological polar surface area (TPSA) is 66.8 Å². The van der Waals surface area contributed by atoms with E-state index in [4.69, 9.17) is 4.74 Å². The van der Waals surface area contributed by atoms with Crippen LogP contribution in [-0.4, -0.2) is 50.8 Å². The van der Waals surface area contributed by atoms with E-state index in [1.165, 1.54) is 16.7 Å². The number of hydrogen-bond donors (Lipinski definition) is 1. The first-order valence-electron chi connectivity index (χ1n) is 5.63. The van der Waals surface area contributed by atoms with E-state index in [-0.39, 0.29) is 18.4 Å². The predicted octanol–water partition coefficient (Wildman–Crippen LogP) is 0.364. The van der Waals surface area contributed by atoms with Gasteiger partial charge in [-0.2, -0.15) is 0 Å². The van der Waals surface area contributed by atoms with Gasteiger partial charge in [0.1, 0.15) is 5.60 Å². The fraction of sp³-hybridized carbons (Fsp3) is 0.818. The molecule has 6 heteroatoms. The van der Waals surface area contributed by atoms with Crippen LogP contribution in [0.3, 0.4) is 0 Å². The molecule has 2 rings (SSSR count). The molecular weight excluding hydrogens is 242 g/mol. The Morgan fingerprint density at radius 1 is 1.59 bits per heavy atom. The van der Waals surface area contributed by atoms with Gasteiger partial charge in [-0.3, -0.25) is 4.79 Å². The summed E-state index contributed by atoms with van der Waals surface area (Å²) in [6.45, 7) is 5.05. The zero-order valence-corrected chi connectivity index (χ0v) is 11.0. The number of rotatable bonds is 2. The van der Waals surface area contributed by atoms with E-state index in [1.807, 2.05) is 0 Å². The number of carbonyl (C=O) groups is 2. The molecule has 0 saturated carbocycles. The van der Waals surface area contributed by atoms with Crippen molar-refractivity contribution in [2.75, 3.05) is 11.6 Å². The number of esters is 1. The van der Waals surface area contributed by atoms with E-state index in [9.17, 15) is 14.7 Å². The normalized spacial score (nSPS) is 36.5. The van der Waals surface area contributed by atoms with Crippen molar-refractivity contribution in [3.05, 3.63) is 0 Å². The molecule has 1 amide bonds. The van der Waals surface area contributed by atoms with Gasteiger partial charge in [0.2, 0.25) is 5.91 Å². The second kappa shape index (κ2) is 3.88. The molecule has 0 radical (unpaired) electrons. The van der Waals surface area contributed by atoms with Crippen LogP contribution < -0.4 is 0 Å². The van der Waals surface area contributed by atoms with E-state index in [2.05, 4.69) is 0 Å². The van der Waals surface area contributed by atoms with Gasteiger partial charge >= 0.3 is 5.97 Å². The van der Waals surface area contributed by atoms with Crippen LogP contribution in [0.15, 0.2) is 0 Å². The van der Waals surface area contributed by atoms with Crippen LogP contribution in [-0.2, 0) is 14.3 Å². The fourth-order valence-electron chi connectivity index (χ4n) is 2.44. The Morgan fingerprint density at radius 3 is 2.82 bits per heavy atom. The van der Waals surface area contributed by atoms with Crippen molar-refractivity contribution in [1.82, 2.24) is 4.90 Å². The maximum atomic E-state index is 12.2. The van der Waals surface area contributed by atoms with Gasteiger partial charge in [-0.05, 0) is 20.8 Å². The third-order valence-corrected chi connectivity index (χ3v) is 4.42. The number of hydrogen-bond acceptors (Lipinski definition) is 5. The fourth-order valence-corrected chi connectivity index (χ4v) is 3.96. The van der Waals surface area contributed by atoms with E-state index in [0.717, 1.165) is 0 Å². The minimum atomic E-state index is -1.35. The van der Waals surface area contributed by atoms with Crippen LogP contribution in [0.2, 0.25) is 0 Å². The average Bonchev–Trinajstić information content (AvgIpc) is 2.66. The monoisotopic (exact) mass is 259 g/mol. The zero-order valence-electron chi connectivity index (χ0n) is 10.2. The quantitative estimate of drug-likeness (QED) is 0.725. The molecule has 0 bridgehead atoms. The molecular formula is C11H17NO4S. The molecule has 0 aromatic carbocycles. The standard InChI is InChI=1S/C11H17NO4S/c1-7(2)16-9(14)11-5-17-6-12(11)8(13)4-10(11,3)15/h7,15H,4-6H2,1-3H3/t10-,11+/m1/s1. The lowest BCUT2D eigenvalue weighted by molar-refractivity contribution is -0.170. The lowest BCUT2D eigenvalue weighted by atomic mass is 9.83. The molecule has 96 valence electrons. The van der Waals surface area contributed by atoms with Crippen molar-refractivity contribution in [2.45, 2.75) is 44.4 Å². The number of aliphatic hydroxyl groups is 1. The van der Waals surface area contributed by atoms with Crippen molar-refractivity contribution < 1.29 is 19.4 Å². The van der Waals surface area contributed by atoms with E-state index < -0.39 is 17.1 Å². The first-order chi connectivity index (χ1) is 7.81. The highest BCUT2D eigenvalue weighted by Crippen LogP contribution is 2.47. The van der Waals surface area contributed by atoms with Crippen LogP contribution in [0.5, 0.6) is 0 Å². The smallest absolute Gasteiger partial charge is 0.336 e. The van der Waals surface area contributed by atoms with Crippen molar-refractivity contribution in [3.63, 3.8) is 0 Å². The Kier molecular flexibility index (Phi) is 2.90. The molecule has 2 aliphatic rings. The molecule has 5 nitrogen and oxygen atoms in total. The number of thioether (sulfide) groups is 1. The summed E-state index contributed by atoms with van der Waals surface area (Å²) in [6, 6.07) is 0. The third kappa shape index (κ3) is 1.65. The van der Waals surface area contributed by atoms with Gasteiger partial charge in [-0.15, -0.1) is 11.8 Å². The molecule has 1 N–H and O–H groups in total. The number of carbonyl (C=O) groups excluding carboxylic acids is 2. The second-order valence-electron chi connectivity index (χ2n) is 5.06. The number of nitrogens with zero attached hydrogens (tertiary/aromatic N) is 1. The highest BCUT2D eigenvalue weighted by molar-refractivity contribution is 7.99. The van der Waals surface area contributed by atoms with Crippen LogP contribution in [0, 0.1) is 0 Å². The molecule has 2 atom stereocenters. The van der Waals surface area contributed by atoms with Crippen molar-refractivity contribution in [3.8, 4) is 0 Å². The van der Waals surface area contributed by atoms with Gasteiger partial charge in [0.15, 0.2) is 5.54 Å². The molecule has 2 aliphatic heterocycles. The first-order valence-corrected chi connectivity index (χ1v) is 6.78. The highest BCUT2D eigenvalue weighted by atomic mass is 32.2.